The number of anilines is 1. The van der Waals surface area contributed by atoms with Crippen molar-refractivity contribution in [3.05, 3.63) is 63.1 Å². The van der Waals surface area contributed by atoms with Gasteiger partial charge in [0.05, 0.1) is 11.9 Å². The predicted octanol–water partition coefficient (Wildman–Crippen LogP) is 5.88. The molecule has 0 saturated carbocycles. The Bertz CT molecular complexity index is 1220. The highest BCUT2D eigenvalue weighted by Gasteiger charge is 2.30. The summed E-state index contributed by atoms with van der Waals surface area (Å²) >= 11 is 12.8. The predicted molar refractivity (Wildman–Crippen MR) is 156 cm³/mol. The van der Waals surface area contributed by atoms with Gasteiger partial charge in [0.2, 0.25) is 21.8 Å². The van der Waals surface area contributed by atoms with Crippen molar-refractivity contribution in [2.45, 2.75) is 78.9 Å². The van der Waals surface area contributed by atoms with Gasteiger partial charge in [0.1, 0.15) is 6.04 Å². The average Bonchev–Trinajstić information content (AvgIpc) is 2.84. The number of nitrogens with one attached hydrogen (secondary N) is 1. The van der Waals surface area contributed by atoms with Crippen molar-refractivity contribution in [3.63, 3.8) is 0 Å². The maximum atomic E-state index is 13.6. The molecule has 0 spiro atoms. The van der Waals surface area contributed by atoms with Crippen LogP contribution in [0.3, 0.4) is 0 Å². The lowest BCUT2D eigenvalue weighted by Gasteiger charge is -2.32. The van der Waals surface area contributed by atoms with Crippen LogP contribution in [0.2, 0.25) is 10.0 Å². The highest BCUT2D eigenvalue weighted by Crippen LogP contribution is 2.28. The van der Waals surface area contributed by atoms with Crippen molar-refractivity contribution >= 4 is 50.7 Å². The second-order valence-corrected chi connectivity index (χ2v) is 12.4. The standard InChI is InChI=1S/C28H39Cl2N3O4S/c1-7-21(5)31-28(35)26(8-2)32(18-23-24(29)11-9-12-25(23)30)27(34)13-10-16-33(38(6,36)37)22-15-14-19(3)20(4)17-22/h9,11-12,14-15,17,21,26H,7-8,10,13,16,18H2,1-6H3,(H,31,35)/t21-,26-/m0/s1. The Hall–Kier alpha value is -2.29. The summed E-state index contributed by atoms with van der Waals surface area (Å²) in [6, 6.07) is 9.82. The normalized spacial score (nSPS) is 13.1. The van der Waals surface area contributed by atoms with Crippen LogP contribution in [0.25, 0.3) is 0 Å². The lowest BCUT2D eigenvalue weighted by atomic mass is 10.1. The first kappa shape index (κ1) is 31.9. The molecule has 0 aliphatic carbocycles. The average molecular weight is 585 g/mol. The van der Waals surface area contributed by atoms with Crippen molar-refractivity contribution < 1.29 is 18.0 Å². The molecule has 0 unspecified atom stereocenters. The van der Waals surface area contributed by atoms with E-state index in [-0.39, 0.29) is 43.8 Å². The van der Waals surface area contributed by atoms with E-state index in [0.29, 0.717) is 27.7 Å². The quantitative estimate of drug-likeness (QED) is 0.319. The van der Waals surface area contributed by atoms with E-state index in [1.54, 1.807) is 24.3 Å². The number of hydrogen-bond donors (Lipinski definition) is 1. The van der Waals surface area contributed by atoms with Crippen LogP contribution in [-0.4, -0.2) is 50.0 Å². The third-order valence-corrected chi connectivity index (χ3v) is 8.61. The van der Waals surface area contributed by atoms with Gasteiger partial charge in [-0.25, -0.2) is 8.42 Å². The molecule has 0 saturated heterocycles. The van der Waals surface area contributed by atoms with E-state index in [9.17, 15) is 18.0 Å². The molecule has 2 rings (SSSR count). The molecule has 7 nitrogen and oxygen atoms in total. The number of carbonyl (C=O) groups excluding carboxylic acids is 2. The van der Waals surface area contributed by atoms with E-state index in [2.05, 4.69) is 5.32 Å². The van der Waals surface area contributed by atoms with Gasteiger partial charge in [0, 0.05) is 41.2 Å². The Labute approximate surface area is 237 Å². The Kier molecular flexibility index (Phi) is 11.9. The second kappa shape index (κ2) is 14.2. The van der Waals surface area contributed by atoms with Crippen LogP contribution in [0.1, 0.15) is 63.1 Å². The molecule has 0 heterocycles. The van der Waals surface area contributed by atoms with Gasteiger partial charge in [0.25, 0.3) is 0 Å². The van der Waals surface area contributed by atoms with Gasteiger partial charge in [-0.05, 0) is 75.4 Å². The molecule has 0 aromatic heterocycles. The van der Waals surface area contributed by atoms with E-state index in [0.717, 1.165) is 23.8 Å². The minimum Gasteiger partial charge on any atom is -0.352 e. The molecule has 0 radical (unpaired) electrons. The molecule has 2 aromatic rings. The van der Waals surface area contributed by atoms with Crippen LogP contribution in [0.5, 0.6) is 0 Å². The highest BCUT2D eigenvalue weighted by molar-refractivity contribution is 7.92. The maximum Gasteiger partial charge on any atom is 0.243 e. The molecule has 0 fully saturated rings. The molecular formula is C28H39Cl2N3O4S. The summed E-state index contributed by atoms with van der Waals surface area (Å²) in [5.74, 6) is -0.521. The van der Waals surface area contributed by atoms with E-state index in [4.69, 9.17) is 23.2 Å². The minimum atomic E-state index is -3.57. The van der Waals surface area contributed by atoms with Crippen LogP contribution >= 0.6 is 23.2 Å². The number of amides is 2. The van der Waals surface area contributed by atoms with Gasteiger partial charge in [-0.3, -0.25) is 13.9 Å². The zero-order valence-electron chi connectivity index (χ0n) is 23.1. The van der Waals surface area contributed by atoms with E-state index >= 15 is 0 Å². The van der Waals surface area contributed by atoms with Crippen molar-refractivity contribution in [2.24, 2.45) is 0 Å². The topological polar surface area (TPSA) is 86.8 Å². The zero-order valence-corrected chi connectivity index (χ0v) is 25.4. The summed E-state index contributed by atoms with van der Waals surface area (Å²) in [6.45, 7) is 9.82. The zero-order chi connectivity index (χ0) is 28.6. The number of rotatable bonds is 13. The van der Waals surface area contributed by atoms with Crippen molar-refractivity contribution in [2.75, 3.05) is 17.1 Å². The SMILES string of the molecule is CC[C@H](C)NC(=O)[C@H](CC)N(Cc1c(Cl)cccc1Cl)C(=O)CCCN(c1ccc(C)c(C)c1)S(C)(=O)=O. The fourth-order valence-corrected chi connectivity index (χ4v) is 5.57. The summed E-state index contributed by atoms with van der Waals surface area (Å²) in [7, 11) is -3.57. The number of aryl methyl sites for hydroxylation is 2. The first-order valence-electron chi connectivity index (χ1n) is 12.9. The Morgan fingerprint density at radius 3 is 2.16 bits per heavy atom. The first-order chi connectivity index (χ1) is 17.8. The molecule has 2 aromatic carbocycles. The Balaban J connectivity index is 2.30. The summed E-state index contributed by atoms with van der Waals surface area (Å²) in [5.41, 5.74) is 3.16. The molecular weight excluding hydrogens is 545 g/mol. The maximum absolute atomic E-state index is 13.6. The van der Waals surface area contributed by atoms with Gasteiger partial charge in [-0.2, -0.15) is 0 Å². The Morgan fingerprint density at radius 2 is 1.63 bits per heavy atom. The summed E-state index contributed by atoms with van der Waals surface area (Å²) in [4.78, 5) is 28.2. The Morgan fingerprint density at radius 1 is 1.00 bits per heavy atom. The number of nitrogens with zero attached hydrogens (tertiary/aromatic N) is 2. The molecule has 0 bridgehead atoms. The van der Waals surface area contributed by atoms with Crippen LogP contribution < -0.4 is 9.62 Å². The van der Waals surface area contributed by atoms with Crippen LogP contribution in [-0.2, 0) is 26.2 Å². The minimum absolute atomic E-state index is 0.0429. The van der Waals surface area contributed by atoms with E-state index < -0.39 is 16.1 Å². The summed E-state index contributed by atoms with van der Waals surface area (Å²) in [5, 5.41) is 3.79. The number of halogens is 2. The lowest BCUT2D eigenvalue weighted by molar-refractivity contribution is -0.141. The molecule has 1 N–H and O–H groups in total. The van der Waals surface area contributed by atoms with Crippen molar-refractivity contribution in [3.8, 4) is 0 Å². The fourth-order valence-electron chi connectivity index (χ4n) is 4.10. The highest BCUT2D eigenvalue weighted by atomic mass is 35.5. The van der Waals surface area contributed by atoms with Gasteiger partial charge < -0.3 is 10.2 Å². The number of benzene rings is 2. The third kappa shape index (κ3) is 8.61. The van der Waals surface area contributed by atoms with E-state index in [1.807, 2.05) is 46.8 Å². The van der Waals surface area contributed by atoms with Crippen molar-refractivity contribution in [1.29, 1.82) is 0 Å². The largest absolute Gasteiger partial charge is 0.352 e. The van der Waals surface area contributed by atoms with Crippen LogP contribution in [0.4, 0.5) is 5.69 Å². The lowest BCUT2D eigenvalue weighted by Crippen LogP contribution is -2.50. The number of sulfonamides is 1. The molecule has 0 aliphatic rings. The van der Waals surface area contributed by atoms with Gasteiger partial charge >= 0.3 is 0 Å². The smallest absolute Gasteiger partial charge is 0.243 e. The van der Waals surface area contributed by atoms with Gasteiger partial charge in [-0.15, -0.1) is 0 Å². The van der Waals surface area contributed by atoms with E-state index in [1.165, 1.54) is 9.21 Å². The summed E-state index contributed by atoms with van der Waals surface area (Å²) in [6.07, 6.45) is 2.63. The van der Waals surface area contributed by atoms with Gasteiger partial charge in [0.15, 0.2) is 0 Å². The number of hydrogen-bond acceptors (Lipinski definition) is 4. The third-order valence-electron chi connectivity index (χ3n) is 6.71. The summed E-state index contributed by atoms with van der Waals surface area (Å²) < 4.78 is 26.5. The van der Waals surface area contributed by atoms with Crippen molar-refractivity contribution in [1.82, 2.24) is 10.2 Å². The van der Waals surface area contributed by atoms with Crippen LogP contribution in [0, 0.1) is 13.8 Å². The molecule has 2 amide bonds. The van der Waals surface area contributed by atoms with Crippen LogP contribution in [0.15, 0.2) is 36.4 Å². The molecule has 2 atom stereocenters. The first-order valence-corrected chi connectivity index (χ1v) is 15.5. The second-order valence-electron chi connectivity index (χ2n) is 9.67. The monoisotopic (exact) mass is 583 g/mol. The number of carbonyl (C=O) groups is 2. The molecule has 0 aliphatic heterocycles. The molecule has 210 valence electrons. The fraction of sp³-hybridized carbons (Fsp3) is 0.500. The molecule has 10 heteroatoms. The molecule has 38 heavy (non-hydrogen) atoms. The van der Waals surface area contributed by atoms with Gasteiger partial charge in [-0.1, -0.05) is 49.2 Å².